The second-order valence-electron chi connectivity index (χ2n) is 7.37. The predicted molar refractivity (Wildman–Crippen MR) is 101 cm³/mol. The molecular weight excluding hydrogens is 342 g/mol. The van der Waals surface area contributed by atoms with Crippen molar-refractivity contribution in [2.24, 2.45) is 0 Å². The first-order chi connectivity index (χ1) is 13.2. The lowest BCUT2D eigenvalue weighted by Crippen LogP contribution is -2.31. The van der Waals surface area contributed by atoms with Crippen molar-refractivity contribution < 1.29 is 9.53 Å². The van der Waals surface area contributed by atoms with Crippen LogP contribution in [0.25, 0.3) is 0 Å². The summed E-state index contributed by atoms with van der Waals surface area (Å²) in [6.07, 6.45) is 2.89. The Morgan fingerprint density at radius 2 is 2.11 bits per heavy atom. The molecule has 2 aromatic rings. The van der Waals surface area contributed by atoms with Crippen LogP contribution in [-0.4, -0.2) is 57.2 Å². The number of aromatic nitrogens is 3. The van der Waals surface area contributed by atoms with Crippen molar-refractivity contribution in [1.29, 1.82) is 0 Å². The molecule has 7 heteroatoms. The first kappa shape index (κ1) is 18.0. The number of hydrogen-bond donors (Lipinski definition) is 0. The van der Waals surface area contributed by atoms with Crippen LogP contribution in [0, 0.1) is 0 Å². The Morgan fingerprint density at radius 1 is 1.22 bits per heavy atom. The number of carbonyl (C=O) groups excluding carboxylic acids is 1. The molecule has 2 aliphatic rings. The van der Waals surface area contributed by atoms with E-state index in [9.17, 15) is 4.79 Å². The first-order valence-corrected chi connectivity index (χ1v) is 9.70. The van der Waals surface area contributed by atoms with Crippen molar-refractivity contribution in [2.45, 2.75) is 45.3 Å². The van der Waals surface area contributed by atoms with E-state index in [0.29, 0.717) is 0 Å². The molecule has 1 fully saturated rings. The third kappa shape index (κ3) is 3.69. The van der Waals surface area contributed by atoms with E-state index >= 15 is 0 Å². The van der Waals surface area contributed by atoms with E-state index in [0.717, 1.165) is 69.4 Å². The lowest BCUT2D eigenvalue weighted by atomic mass is 10.2. The van der Waals surface area contributed by atoms with Crippen molar-refractivity contribution in [2.75, 3.05) is 26.7 Å². The van der Waals surface area contributed by atoms with Gasteiger partial charge < -0.3 is 14.2 Å². The van der Waals surface area contributed by atoms with Crippen molar-refractivity contribution in [3.8, 4) is 5.75 Å². The van der Waals surface area contributed by atoms with Gasteiger partial charge in [-0.15, -0.1) is 10.2 Å². The normalized spacial score (nSPS) is 20.4. The smallest absolute Gasteiger partial charge is 0.220 e. The Balaban J connectivity index is 1.47. The van der Waals surface area contributed by atoms with Crippen molar-refractivity contribution in [1.82, 2.24) is 24.6 Å². The molecule has 7 nitrogen and oxygen atoms in total. The molecule has 1 aromatic heterocycles. The van der Waals surface area contributed by atoms with Crippen LogP contribution in [0.1, 0.15) is 43.0 Å². The summed E-state index contributed by atoms with van der Waals surface area (Å²) in [6, 6.07) is 8.33. The van der Waals surface area contributed by atoms with Gasteiger partial charge in [-0.05, 0) is 30.5 Å². The predicted octanol–water partition coefficient (Wildman–Crippen LogP) is 2.03. The number of carbonyl (C=O) groups is 1. The number of likely N-dealkylation sites (tertiary alicyclic amines) is 1. The topological polar surface area (TPSA) is 63.5 Å². The van der Waals surface area contributed by atoms with Gasteiger partial charge in [0.2, 0.25) is 5.91 Å². The molecule has 0 saturated carbocycles. The summed E-state index contributed by atoms with van der Waals surface area (Å²) in [5, 5.41) is 8.92. The summed E-state index contributed by atoms with van der Waals surface area (Å²) >= 11 is 0. The molecule has 0 radical (unpaired) electrons. The van der Waals surface area contributed by atoms with Gasteiger partial charge in [0.1, 0.15) is 11.6 Å². The average molecular weight is 369 g/mol. The second-order valence-corrected chi connectivity index (χ2v) is 7.37. The number of rotatable bonds is 4. The Hall–Kier alpha value is -2.41. The van der Waals surface area contributed by atoms with E-state index in [-0.39, 0.29) is 11.9 Å². The zero-order valence-corrected chi connectivity index (χ0v) is 16.1. The number of benzene rings is 1. The molecule has 2 aliphatic heterocycles. The Morgan fingerprint density at radius 3 is 2.93 bits per heavy atom. The summed E-state index contributed by atoms with van der Waals surface area (Å²) in [5.74, 6) is 3.02. The molecule has 1 amide bonds. The van der Waals surface area contributed by atoms with Crippen LogP contribution in [0.2, 0.25) is 0 Å². The monoisotopic (exact) mass is 369 g/mol. The summed E-state index contributed by atoms with van der Waals surface area (Å²) in [7, 11) is 1.70. The highest BCUT2D eigenvalue weighted by Gasteiger charge is 2.33. The highest BCUT2D eigenvalue weighted by molar-refractivity contribution is 5.74. The van der Waals surface area contributed by atoms with Gasteiger partial charge in [-0.3, -0.25) is 9.69 Å². The Bertz CT molecular complexity index is 818. The number of amides is 1. The van der Waals surface area contributed by atoms with Crippen molar-refractivity contribution in [3.05, 3.63) is 41.5 Å². The number of methoxy groups -OCH3 is 1. The quantitative estimate of drug-likeness (QED) is 0.825. The van der Waals surface area contributed by atoms with E-state index in [2.05, 4.69) is 31.8 Å². The highest BCUT2D eigenvalue weighted by Crippen LogP contribution is 2.31. The van der Waals surface area contributed by atoms with E-state index in [1.54, 1.807) is 14.0 Å². The van der Waals surface area contributed by atoms with Gasteiger partial charge in [-0.25, -0.2) is 0 Å². The number of ether oxygens (including phenoxy) is 1. The summed E-state index contributed by atoms with van der Waals surface area (Å²) < 4.78 is 7.58. The van der Waals surface area contributed by atoms with Crippen molar-refractivity contribution in [3.63, 3.8) is 0 Å². The molecule has 1 saturated heterocycles. The van der Waals surface area contributed by atoms with Crippen LogP contribution in [0.3, 0.4) is 0 Å². The maximum atomic E-state index is 11.9. The molecule has 1 atom stereocenters. The summed E-state index contributed by atoms with van der Waals surface area (Å²) in [4.78, 5) is 16.3. The minimum absolute atomic E-state index is 0.0775. The molecule has 27 heavy (non-hydrogen) atoms. The number of hydrogen-bond acceptors (Lipinski definition) is 5. The molecule has 0 N–H and O–H groups in total. The maximum Gasteiger partial charge on any atom is 0.220 e. The molecular formula is C20H27N5O2. The standard InChI is InChI=1S/C20H27N5O2/c1-15(26)24-9-4-7-18(24)20-22-21-19-8-10-23(11-12-25(19)20)14-16-5-3-6-17(13-16)27-2/h3,5-6,13,18H,4,7-12,14H2,1-2H3/t18-/m0/s1. The zero-order valence-electron chi connectivity index (χ0n) is 16.1. The van der Waals surface area contributed by atoms with Crippen LogP contribution in [0.4, 0.5) is 0 Å². The molecule has 4 rings (SSSR count). The van der Waals surface area contributed by atoms with Crippen LogP contribution in [-0.2, 0) is 24.3 Å². The zero-order chi connectivity index (χ0) is 18.8. The molecule has 144 valence electrons. The second kappa shape index (κ2) is 7.68. The molecule has 0 aliphatic carbocycles. The lowest BCUT2D eigenvalue weighted by molar-refractivity contribution is -0.129. The fourth-order valence-electron chi connectivity index (χ4n) is 4.23. The van der Waals surface area contributed by atoms with Gasteiger partial charge in [-0.2, -0.15) is 0 Å². The highest BCUT2D eigenvalue weighted by atomic mass is 16.5. The Labute approximate surface area is 159 Å². The van der Waals surface area contributed by atoms with Gasteiger partial charge in [0.15, 0.2) is 5.82 Å². The van der Waals surface area contributed by atoms with E-state index in [4.69, 9.17) is 4.74 Å². The van der Waals surface area contributed by atoms with Crippen LogP contribution < -0.4 is 4.74 Å². The van der Waals surface area contributed by atoms with E-state index < -0.39 is 0 Å². The Kier molecular flexibility index (Phi) is 5.11. The van der Waals surface area contributed by atoms with Gasteiger partial charge in [0, 0.05) is 46.1 Å². The fraction of sp³-hybridized carbons (Fsp3) is 0.550. The molecule has 0 spiro atoms. The van der Waals surface area contributed by atoms with E-state index in [1.165, 1.54) is 5.56 Å². The molecule has 3 heterocycles. The van der Waals surface area contributed by atoms with Gasteiger partial charge in [-0.1, -0.05) is 12.1 Å². The fourth-order valence-corrected chi connectivity index (χ4v) is 4.23. The van der Waals surface area contributed by atoms with Crippen LogP contribution in [0.5, 0.6) is 5.75 Å². The SMILES string of the molecule is COc1cccc(CN2CCc3nnc([C@@H]4CCCN4C(C)=O)n3CC2)c1. The largest absolute Gasteiger partial charge is 0.497 e. The molecule has 1 aromatic carbocycles. The van der Waals surface area contributed by atoms with Gasteiger partial charge >= 0.3 is 0 Å². The molecule has 0 bridgehead atoms. The third-order valence-corrected chi connectivity index (χ3v) is 5.64. The number of fused-ring (bicyclic) bond motifs is 1. The van der Waals surface area contributed by atoms with Crippen molar-refractivity contribution >= 4 is 5.91 Å². The number of nitrogens with zero attached hydrogens (tertiary/aromatic N) is 5. The third-order valence-electron chi connectivity index (χ3n) is 5.64. The average Bonchev–Trinajstić information content (AvgIpc) is 3.26. The first-order valence-electron chi connectivity index (χ1n) is 9.70. The summed E-state index contributed by atoms with van der Waals surface area (Å²) in [5.41, 5.74) is 1.26. The van der Waals surface area contributed by atoms with Crippen LogP contribution >= 0.6 is 0 Å². The van der Waals surface area contributed by atoms with E-state index in [1.807, 2.05) is 17.0 Å². The molecule has 0 unspecified atom stereocenters. The minimum Gasteiger partial charge on any atom is -0.497 e. The van der Waals surface area contributed by atoms with Gasteiger partial charge in [0.25, 0.3) is 0 Å². The minimum atomic E-state index is 0.0775. The summed E-state index contributed by atoms with van der Waals surface area (Å²) in [6.45, 7) is 6.13. The lowest BCUT2D eigenvalue weighted by Gasteiger charge is -2.24. The maximum absolute atomic E-state index is 11.9. The van der Waals surface area contributed by atoms with Gasteiger partial charge in [0.05, 0.1) is 13.2 Å². The van der Waals surface area contributed by atoms with Crippen LogP contribution in [0.15, 0.2) is 24.3 Å².